The molecular weight excluding hydrogens is 741 g/mol. The number of cyclic esters (lactones) is 1. The lowest BCUT2D eigenvalue weighted by Gasteiger charge is -2.46. The molecule has 3 aliphatic heterocycles. The number of imide groups is 1. The van der Waals surface area contributed by atoms with E-state index in [-0.39, 0.29) is 25.4 Å². The van der Waals surface area contributed by atoms with Crippen LogP contribution in [0.3, 0.4) is 0 Å². The fraction of sp³-hybridized carbons (Fsp3) is 0.311. The summed E-state index contributed by atoms with van der Waals surface area (Å²) >= 11 is 0. The highest BCUT2D eigenvalue weighted by Gasteiger charge is 2.75. The number of carbonyl (C=O) groups excluding carboxylic acids is 5. The molecule has 2 saturated heterocycles. The second kappa shape index (κ2) is 16.7. The highest BCUT2D eigenvalue weighted by Crippen LogP contribution is 2.65. The van der Waals surface area contributed by atoms with Crippen molar-refractivity contribution in [1.82, 2.24) is 15.5 Å². The number of hydrogen-bond acceptors (Lipinski definition) is 10. The van der Waals surface area contributed by atoms with Crippen molar-refractivity contribution in [1.29, 1.82) is 0 Å². The third-order valence-corrected chi connectivity index (χ3v) is 11.2. The van der Waals surface area contributed by atoms with Crippen LogP contribution in [0.1, 0.15) is 54.3 Å². The minimum Gasteiger partial charge on any atom is -0.491 e. The summed E-state index contributed by atoms with van der Waals surface area (Å²) in [7, 11) is 1.21. The second-order valence-corrected chi connectivity index (χ2v) is 14.8. The summed E-state index contributed by atoms with van der Waals surface area (Å²) < 4.78 is 17.3. The fourth-order valence-electron chi connectivity index (χ4n) is 8.91. The van der Waals surface area contributed by atoms with E-state index in [4.69, 9.17) is 14.2 Å². The highest BCUT2D eigenvalue weighted by molar-refractivity contribution is 6.25. The van der Waals surface area contributed by atoms with Crippen LogP contribution in [0.15, 0.2) is 122 Å². The lowest BCUT2D eigenvalue weighted by molar-refractivity contribution is -0.178. The van der Waals surface area contributed by atoms with Crippen LogP contribution < -0.4 is 20.3 Å². The number of ether oxygens (including phenoxy) is 3. The molecule has 3 N–H and O–H groups in total. The first-order valence-electron chi connectivity index (χ1n) is 19.2. The number of amides is 4. The van der Waals surface area contributed by atoms with Crippen LogP contribution in [0.25, 0.3) is 0 Å². The molecule has 13 nitrogen and oxygen atoms in total. The number of methoxy groups -OCH3 is 1. The van der Waals surface area contributed by atoms with Gasteiger partial charge in [0.1, 0.15) is 36.0 Å². The number of benzene rings is 4. The highest BCUT2D eigenvalue weighted by atomic mass is 16.6. The monoisotopic (exact) mass is 786 g/mol. The smallest absolute Gasteiger partial charge is 0.329 e. The average molecular weight is 787 g/mol. The number of hydrogen-bond donors (Lipinski definition) is 3. The maximum Gasteiger partial charge on any atom is 0.329 e. The Labute approximate surface area is 336 Å². The maximum atomic E-state index is 16.0. The Bertz CT molecular complexity index is 2200. The van der Waals surface area contributed by atoms with Gasteiger partial charge in [-0.05, 0) is 46.4 Å². The zero-order chi connectivity index (χ0) is 41.1. The molecule has 0 aliphatic carbocycles. The molecule has 4 aromatic rings. The van der Waals surface area contributed by atoms with Crippen LogP contribution in [-0.2, 0) is 34.1 Å². The van der Waals surface area contributed by atoms with E-state index in [1.165, 1.54) is 13.2 Å². The molecule has 3 heterocycles. The van der Waals surface area contributed by atoms with Crippen LogP contribution in [0.2, 0.25) is 0 Å². The zero-order valence-electron chi connectivity index (χ0n) is 32.4. The van der Waals surface area contributed by atoms with Crippen molar-refractivity contribution in [3.05, 3.63) is 144 Å². The van der Waals surface area contributed by atoms with Crippen LogP contribution >= 0.6 is 0 Å². The summed E-state index contributed by atoms with van der Waals surface area (Å²) in [5.41, 5.74) is 0.486. The molecule has 2 fully saturated rings. The Balaban J connectivity index is 1.54. The average Bonchev–Trinajstić information content (AvgIpc) is 3.70. The minimum absolute atomic E-state index is 0.0137. The normalized spacial score (nSPS) is 24.1. The number of nitrogens with one attached hydrogen (secondary N) is 2. The van der Waals surface area contributed by atoms with Gasteiger partial charge in [-0.1, -0.05) is 111 Å². The first-order chi connectivity index (χ1) is 28.1. The van der Waals surface area contributed by atoms with Gasteiger partial charge in [0.25, 0.3) is 0 Å². The zero-order valence-corrected chi connectivity index (χ0v) is 32.4. The number of urea groups is 1. The van der Waals surface area contributed by atoms with Gasteiger partial charge >= 0.3 is 18.0 Å². The first-order valence-corrected chi connectivity index (χ1v) is 19.2. The fourth-order valence-corrected chi connectivity index (χ4v) is 8.91. The number of nitrogens with zero attached hydrogens (tertiary/aromatic N) is 2. The van der Waals surface area contributed by atoms with Gasteiger partial charge in [-0.3, -0.25) is 19.3 Å². The van der Waals surface area contributed by atoms with E-state index in [9.17, 15) is 24.3 Å². The van der Waals surface area contributed by atoms with Crippen LogP contribution in [-0.4, -0.2) is 78.7 Å². The lowest BCUT2D eigenvalue weighted by Crippen LogP contribution is -2.57. The van der Waals surface area contributed by atoms with Gasteiger partial charge in [0.15, 0.2) is 0 Å². The Morgan fingerprint density at radius 2 is 1.55 bits per heavy atom. The number of aliphatic hydroxyl groups excluding tert-OH is 1. The summed E-state index contributed by atoms with van der Waals surface area (Å²) in [6.45, 7) is 6.99. The van der Waals surface area contributed by atoms with E-state index >= 15 is 4.79 Å². The van der Waals surface area contributed by atoms with E-state index in [2.05, 4.69) is 17.2 Å². The Hall–Kier alpha value is -6.31. The number of para-hydroxylation sites is 1. The molecule has 7 unspecified atom stereocenters. The molecule has 7 atom stereocenters. The van der Waals surface area contributed by atoms with Gasteiger partial charge in [-0.25, -0.2) is 14.5 Å². The molecule has 0 saturated carbocycles. The number of aliphatic hydroxyl groups is 1. The van der Waals surface area contributed by atoms with Crippen molar-refractivity contribution in [2.24, 2.45) is 11.8 Å². The number of esters is 2. The molecule has 13 heteroatoms. The molecule has 4 aromatic carbocycles. The number of fused-ring (bicyclic) bond motifs is 3. The molecule has 4 amide bonds. The summed E-state index contributed by atoms with van der Waals surface area (Å²) in [4.78, 5) is 76.3. The summed E-state index contributed by atoms with van der Waals surface area (Å²) in [6.07, 6.45) is 0.602. The quantitative estimate of drug-likeness (QED) is 0.133. The van der Waals surface area contributed by atoms with Gasteiger partial charge in [-0.2, -0.15) is 0 Å². The minimum atomic E-state index is -1.96. The van der Waals surface area contributed by atoms with E-state index in [0.29, 0.717) is 22.4 Å². The third kappa shape index (κ3) is 6.69. The second-order valence-electron chi connectivity index (χ2n) is 14.8. The molecule has 7 rings (SSSR count). The van der Waals surface area contributed by atoms with E-state index < -0.39 is 77.3 Å². The molecule has 1 spiro atoms. The van der Waals surface area contributed by atoms with Crippen molar-refractivity contribution < 1.29 is 43.3 Å². The molecule has 0 aromatic heterocycles. The lowest BCUT2D eigenvalue weighted by atomic mass is 9.65. The van der Waals surface area contributed by atoms with Gasteiger partial charge in [0.2, 0.25) is 11.8 Å². The molecule has 0 bridgehead atoms. The van der Waals surface area contributed by atoms with Crippen molar-refractivity contribution in [3.63, 3.8) is 0 Å². The molecule has 0 radical (unpaired) electrons. The van der Waals surface area contributed by atoms with E-state index in [1.54, 1.807) is 62.4 Å². The van der Waals surface area contributed by atoms with Gasteiger partial charge < -0.3 is 30.0 Å². The molecule has 300 valence electrons. The number of morpholine rings is 1. The van der Waals surface area contributed by atoms with Crippen molar-refractivity contribution in [2.45, 2.75) is 49.5 Å². The topological polar surface area (TPSA) is 164 Å². The third-order valence-electron chi connectivity index (χ3n) is 11.2. The Morgan fingerprint density at radius 1 is 0.897 bits per heavy atom. The van der Waals surface area contributed by atoms with Gasteiger partial charge in [0, 0.05) is 6.54 Å². The number of rotatable bonds is 12. The van der Waals surface area contributed by atoms with Crippen molar-refractivity contribution in [2.75, 3.05) is 31.8 Å². The number of anilines is 1. The summed E-state index contributed by atoms with van der Waals surface area (Å²) in [5, 5.41) is 15.2. The maximum absolute atomic E-state index is 16.0. The van der Waals surface area contributed by atoms with Gasteiger partial charge in [-0.15, -0.1) is 6.58 Å². The largest absolute Gasteiger partial charge is 0.491 e. The van der Waals surface area contributed by atoms with Gasteiger partial charge in [0.05, 0.1) is 37.4 Å². The SMILES string of the molecule is C=CCNC(=O)C1C2C(=O)OC(c3ccccc3)C(c3ccccc3)N2C(c2cccc(OCCO)c2)C12C(=O)N(C(=O)NC(C(=O)OC)C(C)C)c1ccccc12. The molecule has 3 aliphatic rings. The Morgan fingerprint density at radius 3 is 2.21 bits per heavy atom. The van der Waals surface area contributed by atoms with E-state index in [0.717, 1.165) is 10.5 Å². The Kier molecular flexibility index (Phi) is 11.5. The number of carbonyl (C=O) groups is 5. The predicted molar refractivity (Wildman–Crippen MR) is 213 cm³/mol. The van der Waals surface area contributed by atoms with Crippen LogP contribution in [0, 0.1) is 11.8 Å². The van der Waals surface area contributed by atoms with Crippen molar-refractivity contribution >= 4 is 35.5 Å². The van der Waals surface area contributed by atoms with Crippen LogP contribution in [0.5, 0.6) is 5.75 Å². The standard InChI is InChI=1S/C45H46N4O9/c1-5-23-46-40(51)34-37-42(53)58-38(29-17-10-7-11-18-29)36(28-15-8-6-9-16-28)49(37)39(30-19-14-20-31(26-30)57-25-24-50)45(34)32-21-12-13-22-33(32)48(43(45)54)44(55)47-35(27(2)3)41(52)56-4/h5-22,26-27,34-39,50H,1,23-25H2,2-4H3,(H,46,51)(H,47,55). The van der Waals surface area contributed by atoms with Crippen molar-refractivity contribution in [3.8, 4) is 5.75 Å². The predicted octanol–water partition coefficient (Wildman–Crippen LogP) is 4.93. The summed E-state index contributed by atoms with van der Waals surface area (Å²) in [6, 6.07) is 27.1. The first kappa shape index (κ1) is 39.9. The summed E-state index contributed by atoms with van der Waals surface area (Å²) in [5.74, 6) is -4.35. The molecular formula is C45H46N4O9. The molecule has 58 heavy (non-hydrogen) atoms. The van der Waals surface area contributed by atoms with Crippen LogP contribution in [0.4, 0.5) is 10.5 Å². The van der Waals surface area contributed by atoms with E-state index in [1.807, 2.05) is 65.6 Å².